The Balaban J connectivity index is 1.78. The van der Waals surface area contributed by atoms with Crippen molar-refractivity contribution in [1.29, 1.82) is 0 Å². The molecule has 1 N–H and O–H groups in total. The summed E-state index contributed by atoms with van der Waals surface area (Å²) in [6, 6.07) is 11.2. The van der Waals surface area contributed by atoms with Crippen molar-refractivity contribution >= 4 is 33.4 Å². The quantitative estimate of drug-likeness (QED) is 0.290. The van der Waals surface area contributed by atoms with Gasteiger partial charge in [0, 0.05) is 12.6 Å². The average Bonchev–Trinajstić information content (AvgIpc) is 3.42. The van der Waals surface area contributed by atoms with Crippen LogP contribution >= 0.6 is 11.8 Å². The number of halogens is 3. The minimum atomic E-state index is -4.70. The van der Waals surface area contributed by atoms with Crippen LogP contribution in [0.1, 0.15) is 17.7 Å². The van der Waals surface area contributed by atoms with Gasteiger partial charge in [0.1, 0.15) is 12.3 Å². The van der Waals surface area contributed by atoms with E-state index in [0.29, 0.717) is 28.3 Å². The van der Waals surface area contributed by atoms with E-state index in [4.69, 9.17) is 13.9 Å². The highest BCUT2D eigenvalue weighted by Crippen LogP contribution is 2.35. The summed E-state index contributed by atoms with van der Waals surface area (Å²) >= 11 is 1.61. The van der Waals surface area contributed by atoms with Crippen LogP contribution in [0.5, 0.6) is 11.5 Å². The molecule has 0 aliphatic heterocycles. The van der Waals surface area contributed by atoms with E-state index < -0.39 is 34.2 Å². The van der Waals surface area contributed by atoms with Crippen LogP contribution in [0.4, 0.5) is 18.9 Å². The molecule has 0 atom stereocenters. The van der Waals surface area contributed by atoms with Gasteiger partial charge in [0.15, 0.2) is 11.5 Å². The van der Waals surface area contributed by atoms with Gasteiger partial charge in [-0.05, 0) is 54.6 Å². The molecule has 0 fully saturated rings. The van der Waals surface area contributed by atoms with Gasteiger partial charge in [-0.25, -0.2) is 8.42 Å². The lowest BCUT2D eigenvalue weighted by Gasteiger charge is -2.25. The number of thioether (sulfide) groups is 1. The zero-order valence-electron chi connectivity index (χ0n) is 20.7. The highest BCUT2D eigenvalue weighted by Gasteiger charge is 2.33. The summed E-state index contributed by atoms with van der Waals surface area (Å²) in [5.41, 5.74) is -1.35. The number of furan rings is 1. The van der Waals surface area contributed by atoms with E-state index in [0.717, 1.165) is 17.9 Å². The van der Waals surface area contributed by atoms with Gasteiger partial charge >= 0.3 is 6.18 Å². The minimum Gasteiger partial charge on any atom is -0.493 e. The topological polar surface area (TPSA) is 98.1 Å². The number of ether oxygens (including phenoxy) is 2. The van der Waals surface area contributed by atoms with Gasteiger partial charge in [0.05, 0.1) is 42.4 Å². The molecular formula is C25H27F3N2O6S2. The molecule has 3 aromatic rings. The predicted octanol–water partition coefficient (Wildman–Crippen LogP) is 4.95. The Morgan fingerprint density at radius 1 is 1.05 bits per heavy atom. The largest absolute Gasteiger partial charge is 0.493 e. The molecule has 8 nitrogen and oxygen atoms in total. The third-order valence-corrected chi connectivity index (χ3v) is 8.14. The predicted molar refractivity (Wildman–Crippen MR) is 138 cm³/mol. The second-order valence-corrected chi connectivity index (χ2v) is 10.9. The zero-order valence-corrected chi connectivity index (χ0v) is 22.3. The SMILES string of the molecule is COc1ccc(S(=O)(=O)N(CC(=O)NCCCSCc2ccco2)c2cccc(C(F)(F)F)c2)cc1OC. The smallest absolute Gasteiger partial charge is 0.416 e. The lowest BCUT2D eigenvalue weighted by atomic mass is 10.2. The van der Waals surface area contributed by atoms with E-state index in [1.54, 1.807) is 24.1 Å². The Morgan fingerprint density at radius 2 is 1.82 bits per heavy atom. The summed E-state index contributed by atoms with van der Waals surface area (Å²) in [6.07, 6.45) is -2.52. The van der Waals surface area contributed by atoms with E-state index in [1.165, 1.54) is 38.5 Å². The van der Waals surface area contributed by atoms with Gasteiger partial charge in [0.25, 0.3) is 10.0 Å². The fraction of sp³-hybridized carbons (Fsp3) is 0.320. The molecule has 0 saturated heterocycles. The standard InChI is InChI=1S/C25H27F3N2O6S2/c1-34-22-10-9-21(15-23(22)35-2)38(32,33)30(19-7-3-6-18(14-19)25(26,27)28)16-24(31)29-11-5-13-37-17-20-8-4-12-36-20/h3-4,6-10,12,14-15H,5,11,13,16-17H2,1-2H3,(H,29,31). The number of nitrogens with zero attached hydrogens (tertiary/aromatic N) is 1. The first-order valence-corrected chi connectivity index (χ1v) is 13.9. The van der Waals surface area contributed by atoms with Crippen molar-refractivity contribution in [2.24, 2.45) is 0 Å². The van der Waals surface area contributed by atoms with Crippen LogP contribution in [-0.4, -0.2) is 47.4 Å². The number of hydrogen-bond acceptors (Lipinski definition) is 7. The fourth-order valence-corrected chi connectivity index (χ4v) is 5.70. The number of amides is 1. The van der Waals surface area contributed by atoms with Gasteiger partial charge in [-0.15, -0.1) is 0 Å². The number of rotatable bonds is 13. The summed E-state index contributed by atoms with van der Waals surface area (Å²) in [4.78, 5) is 12.4. The fourth-order valence-electron chi connectivity index (χ4n) is 3.41. The van der Waals surface area contributed by atoms with Gasteiger partial charge in [-0.3, -0.25) is 9.10 Å². The third-order valence-electron chi connectivity index (χ3n) is 5.30. The lowest BCUT2D eigenvalue weighted by Crippen LogP contribution is -2.41. The zero-order chi connectivity index (χ0) is 27.8. The maximum atomic E-state index is 13.6. The van der Waals surface area contributed by atoms with Crippen LogP contribution in [0.2, 0.25) is 0 Å². The molecule has 0 aliphatic carbocycles. The highest BCUT2D eigenvalue weighted by atomic mass is 32.2. The Labute approximate surface area is 223 Å². The molecule has 1 aromatic heterocycles. The van der Waals surface area contributed by atoms with Crippen LogP contribution < -0.4 is 19.1 Å². The first kappa shape index (κ1) is 29.2. The van der Waals surface area contributed by atoms with Crippen molar-refractivity contribution in [1.82, 2.24) is 5.32 Å². The lowest BCUT2D eigenvalue weighted by molar-refractivity contribution is -0.137. The first-order chi connectivity index (χ1) is 18.1. The maximum Gasteiger partial charge on any atom is 0.416 e. The second-order valence-electron chi connectivity index (χ2n) is 7.91. The van der Waals surface area contributed by atoms with Gasteiger partial charge in [0.2, 0.25) is 5.91 Å². The molecule has 0 spiro atoms. The Kier molecular flexibility index (Phi) is 9.97. The maximum absolute atomic E-state index is 13.6. The van der Waals surface area contributed by atoms with Gasteiger partial charge in [-0.1, -0.05) is 6.07 Å². The molecule has 0 bridgehead atoms. The number of nitrogens with one attached hydrogen (secondary N) is 1. The van der Waals surface area contributed by atoms with Gasteiger partial charge in [-0.2, -0.15) is 24.9 Å². The molecular weight excluding hydrogens is 545 g/mol. The van der Waals surface area contributed by atoms with E-state index in [2.05, 4.69) is 5.32 Å². The molecule has 38 heavy (non-hydrogen) atoms. The number of sulfonamides is 1. The molecule has 0 radical (unpaired) electrons. The summed E-state index contributed by atoms with van der Waals surface area (Å²) in [7, 11) is -1.78. The molecule has 1 amide bonds. The van der Waals surface area contributed by atoms with E-state index in [1.807, 2.05) is 6.07 Å². The van der Waals surface area contributed by atoms with Crippen molar-refractivity contribution in [2.45, 2.75) is 23.2 Å². The van der Waals surface area contributed by atoms with Crippen molar-refractivity contribution in [3.05, 3.63) is 72.2 Å². The third kappa shape index (κ3) is 7.60. The monoisotopic (exact) mass is 572 g/mol. The van der Waals surface area contributed by atoms with Crippen LogP contribution in [0.15, 0.2) is 70.2 Å². The number of carbonyl (C=O) groups excluding carboxylic acids is 1. The molecule has 0 aliphatic rings. The number of anilines is 1. The summed E-state index contributed by atoms with van der Waals surface area (Å²) in [5, 5.41) is 2.64. The molecule has 206 valence electrons. The number of benzene rings is 2. The van der Waals surface area contributed by atoms with Crippen molar-refractivity contribution in [3.8, 4) is 11.5 Å². The number of methoxy groups -OCH3 is 2. The highest BCUT2D eigenvalue weighted by molar-refractivity contribution is 7.98. The van der Waals surface area contributed by atoms with Crippen LogP contribution in [0, 0.1) is 0 Å². The molecule has 2 aromatic carbocycles. The summed E-state index contributed by atoms with van der Waals surface area (Å²) in [5.74, 6) is 1.92. The van der Waals surface area contributed by atoms with E-state index in [9.17, 15) is 26.4 Å². The van der Waals surface area contributed by atoms with Gasteiger partial charge < -0.3 is 19.2 Å². The normalized spacial score (nSPS) is 11.7. The van der Waals surface area contributed by atoms with Crippen molar-refractivity contribution < 1.29 is 40.3 Å². The Bertz CT molecular complexity index is 1310. The summed E-state index contributed by atoms with van der Waals surface area (Å²) < 4.78 is 83.5. The van der Waals surface area contributed by atoms with Crippen LogP contribution in [0.25, 0.3) is 0 Å². The molecule has 13 heteroatoms. The summed E-state index contributed by atoms with van der Waals surface area (Å²) in [6.45, 7) is -0.464. The van der Waals surface area contributed by atoms with Crippen molar-refractivity contribution in [2.75, 3.05) is 37.4 Å². The number of hydrogen-bond donors (Lipinski definition) is 1. The molecule has 0 saturated carbocycles. The average molecular weight is 573 g/mol. The van der Waals surface area contributed by atoms with E-state index >= 15 is 0 Å². The minimum absolute atomic E-state index is 0.106. The van der Waals surface area contributed by atoms with Crippen LogP contribution in [-0.2, 0) is 26.7 Å². The Hall–Kier alpha value is -3.32. The molecule has 1 heterocycles. The molecule has 3 rings (SSSR count). The van der Waals surface area contributed by atoms with Crippen LogP contribution in [0.3, 0.4) is 0 Å². The first-order valence-electron chi connectivity index (χ1n) is 11.3. The molecule has 0 unspecified atom stereocenters. The number of carbonyl (C=O) groups is 1. The van der Waals surface area contributed by atoms with Crippen molar-refractivity contribution in [3.63, 3.8) is 0 Å². The van der Waals surface area contributed by atoms with E-state index in [-0.39, 0.29) is 28.6 Å². The second kappa shape index (κ2) is 13.0. The Morgan fingerprint density at radius 3 is 2.47 bits per heavy atom. The number of alkyl halides is 3.